The van der Waals surface area contributed by atoms with E-state index in [0.717, 1.165) is 19.3 Å². The molecule has 112 valence electrons. The highest BCUT2D eigenvalue weighted by atomic mass is 32.1. The summed E-state index contributed by atoms with van der Waals surface area (Å²) < 4.78 is 1.31. The van der Waals surface area contributed by atoms with Crippen molar-refractivity contribution in [1.82, 2.24) is 14.9 Å². The quantitative estimate of drug-likeness (QED) is 0.872. The monoisotopic (exact) mass is 307 g/mol. The third kappa shape index (κ3) is 2.98. The number of fused-ring (bicyclic) bond motifs is 1. The molecule has 21 heavy (non-hydrogen) atoms. The van der Waals surface area contributed by atoms with Crippen molar-refractivity contribution >= 4 is 27.5 Å². The number of aliphatic hydroxyl groups is 1. The van der Waals surface area contributed by atoms with E-state index >= 15 is 0 Å². The third-order valence-electron chi connectivity index (χ3n) is 3.94. The summed E-state index contributed by atoms with van der Waals surface area (Å²) in [5, 5.41) is 14.9. The summed E-state index contributed by atoms with van der Waals surface area (Å²) in [5.74, 6) is -0.101. The van der Waals surface area contributed by atoms with Gasteiger partial charge >= 0.3 is 0 Å². The lowest BCUT2D eigenvalue weighted by Gasteiger charge is -2.15. The number of nitrogens with one attached hydrogen (secondary N) is 1. The van der Waals surface area contributed by atoms with Crippen molar-refractivity contribution in [2.75, 3.05) is 6.54 Å². The maximum Gasteiger partial charge on any atom is 0.262 e. The maximum absolute atomic E-state index is 12.1. The molecule has 1 amide bonds. The Morgan fingerprint density at radius 3 is 3.14 bits per heavy atom. The first kappa shape index (κ1) is 14.2. The van der Waals surface area contributed by atoms with Gasteiger partial charge in [0.25, 0.3) is 5.56 Å². The fourth-order valence-corrected chi connectivity index (χ4v) is 3.44. The molecule has 1 aliphatic rings. The van der Waals surface area contributed by atoms with Gasteiger partial charge in [-0.2, -0.15) is 0 Å². The van der Waals surface area contributed by atoms with Crippen molar-refractivity contribution < 1.29 is 9.90 Å². The van der Waals surface area contributed by atoms with Crippen LogP contribution in [0.25, 0.3) is 10.2 Å². The van der Waals surface area contributed by atoms with E-state index in [1.807, 2.05) is 5.38 Å². The Balaban J connectivity index is 1.63. The van der Waals surface area contributed by atoms with Crippen LogP contribution in [-0.2, 0) is 11.3 Å². The number of aromatic nitrogens is 2. The van der Waals surface area contributed by atoms with Gasteiger partial charge in [-0.1, -0.05) is 6.42 Å². The maximum atomic E-state index is 12.1. The average molecular weight is 307 g/mol. The summed E-state index contributed by atoms with van der Waals surface area (Å²) in [5.41, 5.74) is -0.197. The van der Waals surface area contributed by atoms with E-state index < -0.39 is 0 Å². The first-order valence-corrected chi connectivity index (χ1v) is 7.90. The summed E-state index contributed by atoms with van der Waals surface area (Å²) in [4.78, 5) is 28.9. The molecule has 0 radical (unpaired) electrons. The van der Waals surface area contributed by atoms with Crippen molar-refractivity contribution in [3.63, 3.8) is 0 Å². The lowest BCUT2D eigenvalue weighted by molar-refractivity contribution is -0.122. The van der Waals surface area contributed by atoms with Gasteiger partial charge in [-0.15, -0.1) is 11.3 Å². The summed E-state index contributed by atoms with van der Waals surface area (Å²) in [6.07, 6.45) is 3.82. The van der Waals surface area contributed by atoms with Crippen molar-refractivity contribution in [2.24, 2.45) is 5.92 Å². The first-order chi connectivity index (χ1) is 10.1. The molecule has 1 saturated carbocycles. The van der Waals surface area contributed by atoms with Crippen molar-refractivity contribution in [3.05, 3.63) is 28.1 Å². The number of amides is 1. The average Bonchev–Trinajstić information content (AvgIpc) is 3.09. The number of aliphatic hydroxyl groups excluding tert-OH is 1. The highest BCUT2D eigenvalue weighted by molar-refractivity contribution is 7.16. The molecule has 2 unspecified atom stereocenters. The molecule has 0 bridgehead atoms. The molecule has 0 saturated heterocycles. The molecule has 0 aromatic carbocycles. The van der Waals surface area contributed by atoms with E-state index in [4.69, 9.17) is 0 Å². The zero-order valence-electron chi connectivity index (χ0n) is 11.5. The zero-order chi connectivity index (χ0) is 14.8. The molecule has 1 aliphatic carbocycles. The molecular formula is C14H17N3O3S. The van der Waals surface area contributed by atoms with Crippen LogP contribution in [0.5, 0.6) is 0 Å². The molecule has 2 heterocycles. The van der Waals surface area contributed by atoms with Gasteiger partial charge in [-0.05, 0) is 24.3 Å². The Morgan fingerprint density at radius 2 is 2.38 bits per heavy atom. The number of carbonyl (C=O) groups is 1. The second-order valence-corrected chi connectivity index (χ2v) is 6.27. The van der Waals surface area contributed by atoms with Gasteiger partial charge in [-0.25, -0.2) is 4.98 Å². The lowest BCUT2D eigenvalue weighted by atomic mass is 10.1. The van der Waals surface area contributed by atoms with Crippen LogP contribution in [0.2, 0.25) is 0 Å². The Bertz CT molecular complexity index is 709. The van der Waals surface area contributed by atoms with Gasteiger partial charge in [0.1, 0.15) is 11.4 Å². The SMILES string of the molecule is O=C(Cn1cnc2sccc2c1=O)NCC1CCCC1O. The topological polar surface area (TPSA) is 84.2 Å². The first-order valence-electron chi connectivity index (χ1n) is 7.02. The molecule has 0 aliphatic heterocycles. The van der Waals surface area contributed by atoms with E-state index in [9.17, 15) is 14.7 Å². The number of hydrogen-bond acceptors (Lipinski definition) is 5. The van der Waals surface area contributed by atoms with Gasteiger partial charge in [-0.3, -0.25) is 14.2 Å². The summed E-state index contributed by atoms with van der Waals surface area (Å²) in [7, 11) is 0. The van der Waals surface area contributed by atoms with E-state index in [1.54, 1.807) is 6.07 Å². The molecule has 2 aromatic rings. The molecule has 3 rings (SSSR count). The Hall–Kier alpha value is -1.73. The summed E-state index contributed by atoms with van der Waals surface area (Å²) in [6, 6.07) is 1.72. The molecule has 2 N–H and O–H groups in total. The molecule has 1 fully saturated rings. The number of carbonyl (C=O) groups excluding carboxylic acids is 1. The van der Waals surface area contributed by atoms with Crippen LogP contribution in [0.1, 0.15) is 19.3 Å². The third-order valence-corrected chi connectivity index (χ3v) is 4.77. The summed E-state index contributed by atoms with van der Waals surface area (Å²) in [6.45, 7) is 0.420. The highest BCUT2D eigenvalue weighted by Crippen LogP contribution is 2.24. The lowest BCUT2D eigenvalue weighted by Crippen LogP contribution is -2.36. The smallest absolute Gasteiger partial charge is 0.262 e. The number of hydrogen-bond donors (Lipinski definition) is 2. The van der Waals surface area contributed by atoms with Gasteiger partial charge < -0.3 is 10.4 Å². The Morgan fingerprint density at radius 1 is 1.52 bits per heavy atom. The van der Waals surface area contributed by atoms with E-state index in [2.05, 4.69) is 10.3 Å². The zero-order valence-corrected chi connectivity index (χ0v) is 12.3. The molecule has 2 aromatic heterocycles. The fraction of sp³-hybridized carbons (Fsp3) is 0.500. The van der Waals surface area contributed by atoms with E-state index in [-0.39, 0.29) is 30.0 Å². The van der Waals surface area contributed by atoms with Crippen molar-refractivity contribution in [1.29, 1.82) is 0 Å². The van der Waals surface area contributed by atoms with E-state index in [0.29, 0.717) is 16.8 Å². The summed E-state index contributed by atoms with van der Waals surface area (Å²) >= 11 is 1.40. The van der Waals surface area contributed by atoms with Gasteiger partial charge in [0.15, 0.2) is 0 Å². The Labute approximate surface area is 125 Å². The van der Waals surface area contributed by atoms with Crippen LogP contribution in [0.15, 0.2) is 22.6 Å². The molecule has 6 nitrogen and oxygen atoms in total. The van der Waals surface area contributed by atoms with Crippen molar-refractivity contribution in [3.8, 4) is 0 Å². The number of thiophene rings is 1. The fourth-order valence-electron chi connectivity index (χ4n) is 2.72. The number of nitrogens with zero attached hydrogens (tertiary/aromatic N) is 2. The molecular weight excluding hydrogens is 290 g/mol. The van der Waals surface area contributed by atoms with Crippen LogP contribution in [0, 0.1) is 5.92 Å². The van der Waals surface area contributed by atoms with Crippen LogP contribution in [-0.4, -0.2) is 33.2 Å². The van der Waals surface area contributed by atoms with Crippen molar-refractivity contribution in [2.45, 2.75) is 31.9 Å². The van der Waals surface area contributed by atoms with Crippen LogP contribution < -0.4 is 10.9 Å². The van der Waals surface area contributed by atoms with Gasteiger partial charge in [0, 0.05) is 12.5 Å². The van der Waals surface area contributed by atoms with Gasteiger partial charge in [0.2, 0.25) is 5.91 Å². The standard InChI is InChI=1S/C14H17N3O3S/c18-11-3-1-2-9(11)6-15-12(19)7-17-8-16-13-10(14(17)20)4-5-21-13/h4-5,8-9,11,18H,1-3,6-7H2,(H,15,19). The minimum absolute atomic E-state index is 0.0412. The van der Waals surface area contributed by atoms with Crippen LogP contribution in [0.3, 0.4) is 0 Å². The second-order valence-electron chi connectivity index (χ2n) is 5.38. The predicted octanol–water partition coefficient (Wildman–Crippen LogP) is 0.735. The molecule has 7 heteroatoms. The number of rotatable bonds is 4. The molecule has 0 spiro atoms. The normalized spacial score (nSPS) is 21.8. The predicted molar refractivity (Wildman–Crippen MR) is 80.2 cm³/mol. The highest BCUT2D eigenvalue weighted by Gasteiger charge is 2.25. The minimum atomic E-state index is -0.322. The van der Waals surface area contributed by atoms with Crippen LogP contribution in [0.4, 0.5) is 0 Å². The minimum Gasteiger partial charge on any atom is -0.393 e. The largest absolute Gasteiger partial charge is 0.393 e. The Kier molecular flexibility index (Phi) is 4.03. The second kappa shape index (κ2) is 5.95. The van der Waals surface area contributed by atoms with Gasteiger partial charge in [0.05, 0.1) is 17.8 Å². The van der Waals surface area contributed by atoms with Crippen LogP contribution >= 0.6 is 11.3 Å². The molecule has 2 atom stereocenters. The van der Waals surface area contributed by atoms with E-state index in [1.165, 1.54) is 22.2 Å².